The highest BCUT2D eigenvalue weighted by Gasteiger charge is 2.17. The van der Waals surface area contributed by atoms with Crippen LogP contribution in [0.15, 0.2) is 41.8 Å². The average molecular weight is 332 g/mol. The monoisotopic (exact) mass is 331 g/mol. The highest BCUT2D eigenvalue weighted by atomic mass is 35.7. The SMILES string of the molecule is C=CCCOc1ccc(S(=O)(=O)Cl)c2ccc(Cl)nc12. The normalized spacial score (nSPS) is 11.5. The highest BCUT2D eigenvalue weighted by Crippen LogP contribution is 2.32. The van der Waals surface area contributed by atoms with Crippen LogP contribution in [0.1, 0.15) is 6.42 Å². The second-order valence-electron chi connectivity index (χ2n) is 3.96. The van der Waals surface area contributed by atoms with E-state index < -0.39 is 9.05 Å². The Morgan fingerprint density at radius 2 is 2.05 bits per heavy atom. The summed E-state index contributed by atoms with van der Waals surface area (Å²) in [6.45, 7) is 4.02. The van der Waals surface area contributed by atoms with Gasteiger partial charge in [-0.1, -0.05) is 17.7 Å². The van der Waals surface area contributed by atoms with Gasteiger partial charge in [0.25, 0.3) is 9.05 Å². The van der Waals surface area contributed by atoms with Gasteiger partial charge in [-0.25, -0.2) is 13.4 Å². The Morgan fingerprint density at radius 1 is 1.30 bits per heavy atom. The van der Waals surface area contributed by atoms with Crippen molar-refractivity contribution in [3.8, 4) is 5.75 Å². The minimum Gasteiger partial charge on any atom is -0.491 e. The smallest absolute Gasteiger partial charge is 0.261 e. The molecule has 0 amide bonds. The third-order valence-electron chi connectivity index (χ3n) is 2.59. The summed E-state index contributed by atoms with van der Waals surface area (Å²) in [4.78, 5) is 4.10. The molecule has 0 aliphatic carbocycles. The van der Waals surface area contributed by atoms with Gasteiger partial charge >= 0.3 is 0 Å². The van der Waals surface area contributed by atoms with Crippen molar-refractivity contribution in [3.63, 3.8) is 0 Å². The van der Waals surface area contributed by atoms with Crippen LogP contribution in [-0.4, -0.2) is 20.0 Å². The number of hydrogen-bond donors (Lipinski definition) is 0. The lowest BCUT2D eigenvalue weighted by Gasteiger charge is -2.10. The van der Waals surface area contributed by atoms with Gasteiger partial charge in [-0.05, 0) is 30.7 Å². The molecule has 0 N–H and O–H groups in total. The lowest BCUT2D eigenvalue weighted by Crippen LogP contribution is -2.00. The third-order valence-corrected chi connectivity index (χ3v) is 4.18. The van der Waals surface area contributed by atoms with E-state index in [1.807, 2.05) is 0 Å². The van der Waals surface area contributed by atoms with Crippen LogP contribution in [-0.2, 0) is 9.05 Å². The zero-order valence-electron chi connectivity index (χ0n) is 10.3. The Kier molecular flexibility index (Phi) is 4.52. The standard InChI is InChI=1S/C13H11Cl2NO3S/c1-2-3-8-19-10-5-6-11(20(15,17)18)9-4-7-12(14)16-13(9)10/h2,4-7H,1,3,8H2. The molecule has 0 spiro atoms. The number of nitrogens with zero attached hydrogens (tertiary/aromatic N) is 1. The lowest BCUT2D eigenvalue weighted by molar-refractivity contribution is 0.328. The van der Waals surface area contributed by atoms with E-state index in [2.05, 4.69) is 11.6 Å². The predicted molar refractivity (Wildman–Crippen MR) is 80.1 cm³/mol. The minimum atomic E-state index is -3.87. The van der Waals surface area contributed by atoms with E-state index in [1.165, 1.54) is 18.2 Å². The summed E-state index contributed by atoms with van der Waals surface area (Å²) >= 11 is 5.85. The number of rotatable bonds is 5. The average Bonchev–Trinajstić information content (AvgIpc) is 2.37. The fourth-order valence-corrected chi connectivity index (χ4v) is 2.93. The van der Waals surface area contributed by atoms with Crippen LogP contribution in [0.5, 0.6) is 5.75 Å². The van der Waals surface area contributed by atoms with Crippen molar-refractivity contribution in [3.05, 3.63) is 42.1 Å². The van der Waals surface area contributed by atoms with E-state index in [9.17, 15) is 8.42 Å². The van der Waals surface area contributed by atoms with Crippen LogP contribution < -0.4 is 4.74 Å². The first kappa shape index (κ1) is 15.1. The first-order valence-electron chi connectivity index (χ1n) is 5.71. The topological polar surface area (TPSA) is 56.3 Å². The van der Waals surface area contributed by atoms with Crippen molar-refractivity contribution in [2.75, 3.05) is 6.61 Å². The molecule has 0 radical (unpaired) electrons. The summed E-state index contributed by atoms with van der Waals surface area (Å²) in [5.74, 6) is 0.452. The lowest BCUT2D eigenvalue weighted by atomic mass is 10.2. The number of pyridine rings is 1. The Labute approximate surface area is 126 Å². The van der Waals surface area contributed by atoms with Gasteiger partial charge < -0.3 is 4.74 Å². The molecule has 0 bridgehead atoms. The molecule has 0 saturated carbocycles. The van der Waals surface area contributed by atoms with Gasteiger partial charge in [0.15, 0.2) is 0 Å². The second kappa shape index (κ2) is 5.99. The van der Waals surface area contributed by atoms with Gasteiger partial charge in [0.05, 0.1) is 11.5 Å². The van der Waals surface area contributed by atoms with Gasteiger partial charge in [-0.2, -0.15) is 0 Å². The zero-order valence-corrected chi connectivity index (χ0v) is 12.7. The molecule has 1 aromatic heterocycles. The fraction of sp³-hybridized carbons (Fsp3) is 0.154. The van der Waals surface area contributed by atoms with E-state index in [0.717, 1.165) is 0 Å². The maximum Gasteiger partial charge on any atom is 0.261 e. The van der Waals surface area contributed by atoms with Crippen molar-refractivity contribution in [1.29, 1.82) is 0 Å². The predicted octanol–water partition coefficient (Wildman–Crippen LogP) is 3.77. The van der Waals surface area contributed by atoms with Crippen molar-refractivity contribution >= 4 is 42.2 Å². The maximum atomic E-state index is 11.6. The molecule has 0 aliphatic heterocycles. The zero-order chi connectivity index (χ0) is 14.8. The van der Waals surface area contributed by atoms with Gasteiger partial charge in [0, 0.05) is 16.1 Å². The molecule has 1 aromatic carbocycles. The van der Waals surface area contributed by atoms with Crippen molar-refractivity contribution in [2.24, 2.45) is 0 Å². The third kappa shape index (κ3) is 3.23. The Bertz CT molecular complexity index is 760. The number of benzene rings is 1. The van der Waals surface area contributed by atoms with Gasteiger partial charge in [0.2, 0.25) is 0 Å². The Balaban J connectivity index is 2.61. The molecular formula is C13H11Cl2NO3S. The van der Waals surface area contributed by atoms with E-state index >= 15 is 0 Å². The molecule has 20 heavy (non-hydrogen) atoms. The number of hydrogen-bond acceptors (Lipinski definition) is 4. The number of ether oxygens (including phenoxy) is 1. The first-order chi connectivity index (χ1) is 9.43. The minimum absolute atomic E-state index is 0.0191. The Morgan fingerprint density at radius 3 is 2.70 bits per heavy atom. The maximum absolute atomic E-state index is 11.6. The largest absolute Gasteiger partial charge is 0.491 e. The van der Waals surface area contributed by atoms with Crippen LogP contribution >= 0.6 is 22.3 Å². The quantitative estimate of drug-likeness (QED) is 0.362. The van der Waals surface area contributed by atoms with E-state index in [-0.39, 0.29) is 10.0 Å². The number of fused-ring (bicyclic) bond motifs is 1. The molecule has 1 heterocycles. The summed E-state index contributed by atoms with van der Waals surface area (Å²) in [5, 5.41) is 0.621. The van der Waals surface area contributed by atoms with Gasteiger partial charge in [0.1, 0.15) is 16.4 Å². The highest BCUT2D eigenvalue weighted by molar-refractivity contribution is 8.14. The van der Waals surface area contributed by atoms with Crippen molar-refractivity contribution in [1.82, 2.24) is 4.98 Å². The summed E-state index contributed by atoms with van der Waals surface area (Å²) in [6, 6.07) is 5.97. The van der Waals surface area contributed by atoms with Crippen molar-refractivity contribution in [2.45, 2.75) is 11.3 Å². The second-order valence-corrected chi connectivity index (χ2v) is 6.88. The number of halogens is 2. The first-order valence-corrected chi connectivity index (χ1v) is 8.40. The summed E-state index contributed by atoms with van der Waals surface area (Å²) in [5.41, 5.74) is 0.364. The molecule has 0 unspecified atom stereocenters. The summed E-state index contributed by atoms with van der Waals surface area (Å²) in [6.07, 6.45) is 2.39. The number of aromatic nitrogens is 1. The molecular weight excluding hydrogens is 321 g/mol. The molecule has 2 aromatic rings. The van der Waals surface area contributed by atoms with Gasteiger partial charge in [-0.15, -0.1) is 6.58 Å². The molecule has 0 fully saturated rings. The summed E-state index contributed by atoms with van der Waals surface area (Å²) < 4.78 is 28.7. The van der Waals surface area contributed by atoms with E-state index in [4.69, 9.17) is 27.0 Å². The van der Waals surface area contributed by atoms with Gasteiger partial charge in [-0.3, -0.25) is 0 Å². The van der Waals surface area contributed by atoms with Crippen LogP contribution in [0.2, 0.25) is 5.15 Å². The molecule has 4 nitrogen and oxygen atoms in total. The Hall–Kier alpha value is -1.30. The summed E-state index contributed by atoms with van der Waals surface area (Å²) in [7, 11) is 1.55. The van der Waals surface area contributed by atoms with E-state index in [0.29, 0.717) is 29.7 Å². The molecule has 0 aliphatic rings. The molecule has 7 heteroatoms. The molecule has 0 atom stereocenters. The fourth-order valence-electron chi connectivity index (χ4n) is 1.72. The van der Waals surface area contributed by atoms with E-state index in [1.54, 1.807) is 12.1 Å². The molecule has 0 saturated heterocycles. The van der Waals surface area contributed by atoms with Crippen LogP contribution in [0.3, 0.4) is 0 Å². The van der Waals surface area contributed by atoms with Crippen LogP contribution in [0.4, 0.5) is 0 Å². The molecule has 2 rings (SSSR count). The van der Waals surface area contributed by atoms with Crippen LogP contribution in [0, 0.1) is 0 Å². The van der Waals surface area contributed by atoms with Crippen LogP contribution in [0.25, 0.3) is 10.9 Å². The van der Waals surface area contributed by atoms with Crippen molar-refractivity contribution < 1.29 is 13.2 Å². The molecule has 106 valence electrons.